The van der Waals surface area contributed by atoms with Crippen LogP contribution in [0.2, 0.25) is 0 Å². The highest BCUT2D eigenvalue weighted by atomic mass is 31.1. The highest BCUT2D eigenvalue weighted by molar-refractivity contribution is 7.47. The highest BCUT2D eigenvalue weighted by Crippen LogP contribution is 2.23. The summed E-state index contributed by atoms with van der Waals surface area (Å²) in [6, 6.07) is 25.1. The van der Waals surface area contributed by atoms with Crippen LogP contribution >= 0.6 is 8.03 Å². The summed E-state index contributed by atoms with van der Waals surface area (Å²) in [5.41, 5.74) is 4.59. The summed E-state index contributed by atoms with van der Waals surface area (Å²) in [4.78, 5) is 18.8. The van der Waals surface area contributed by atoms with Crippen molar-refractivity contribution in [1.29, 1.82) is 0 Å². The van der Waals surface area contributed by atoms with E-state index in [1.54, 1.807) is 0 Å². The van der Waals surface area contributed by atoms with E-state index in [1.807, 2.05) is 0 Å². The van der Waals surface area contributed by atoms with E-state index in [1.165, 1.54) is 41.0 Å². The van der Waals surface area contributed by atoms with Gasteiger partial charge in [-0.25, -0.2) is 0 Å². The fourth-order valence-corrected chi connectivity index (χ4v) is 2.88. The Kier molecular flexibility index (Phi) is 7.34. The number of carbonyl (C=O) groups excluding carboxylic acids is 1. The van der Waals surface area contributed by atoms with Crippen molar-refractivity contribution >= 4 is 19.6 Å². The fourth-order valence-electron chi connectivity index (χ4n) is 2.43. The van der Waals surface area contributed by atoms with Crippen LogP contribution in [0.4, 0.5) is 0 Å². The van der Waals surface area contributed by atoms with Gasteiger partial charge in [0.1, 0.15) is 6.29 Å². The second kappa shape index (κ2) is 9.73. The lowest BCUT2D eigenvalue weighted by atomic mass is 9.98. The first-order valence-electron chi connectivity index (χ1n) is 8.07. The van der Waals surface area contributed by atoms with Crippen LogP contribution in [-0.2, 0) is 11.0 Å². The predicted molar refractivity (Wildman–Crippen MR) is 104 cm³/mol. The van der Waals surface area contributed by atoms with Crippen molar-refractivity contribution in [3.05, 3.63) is 90.0 Å². The molecule has 0 aliphatic rings. The molecule has 0 radical (unpaired) electrons. The molecule has 0 saturated heterocycles. The summed E-state index contributed by atoms with van der Waals surface area (Å²) in [7, 11) is -2.60. The molecular formula is C21H21O3P. The molecular weight excluding hydrogens is 331 g/mol. The molecule has 3 rings (SSSR count). The van der Waals surface area contributed by atoms with Gasteiger partial charge in [-0.15, -0.1) is 0 Å². The van der Waals surface area contributed by atoms with Crippen LogP contribution in [0.5, 0.6) is 0 Å². The van der Waals surface area contributed by atoms with Crippen molar-refractivity contribution in [1.82, 2.24) is 0 Å². The number of benzene rings is 3. The van der Waals surface area contributed by atoms with Gasteiger partial charge in [0.05, 0.1) is 0 Å². The maximum atomic E-state index is 10.5. The van der Waals surface area contributed by atoms with Gasteiger partial charge >= 0.3 is 0 Å². The number of hydrogen-bond donors (Lipinski definition) is 1. The van der Waals surface area contributed by atoms with Gasteiger partial charge in [0.15, 0.2) is 0 Å². The standard InChI is InChI=1S/C14H14.C7H7O3P/c1-2-12-8-6-7-11-14(12)13-9-4-3-5-10-13;8-5-6-1-3-7(4-2-6)11(9)10/h3-11H,2H2,1H3;1-5,11H,(H,9,10). The van der Waals surface area contributed by atoms with E-state index in [9.17, 15) is 9.36 Å². The summed E-state index contributed by atoms with van der Waals surface area (Å²) in [5, 5.41) is 0.376. The first kappa shape index (κ1) is 18.9. The van der Waals surface area contributed by atoms with Crippen molar-refractivity contribution in [2.75, 3.05) is 0 Å². The molecule has 0 heterocycles. The molecule has 0 amide bonds. The predicted octanol–water partition coefficient (Wildman–Crippen LogP) is 4.51. The molecule has 0 aliphatic carbocycles. The number of rotatable bonds is 4. The summed E-state index contributed by atoms with van der Waals surface area (Å²) in [5.74, 6) is 0. The number of hydrogen-bond acceptors (Lipinski definition) is 2. The summed E-state index contributed by atoms with van der Waals surface area (Å²) in [6.07, 6.45) is 1.78. The Morgan fingerprint density at radius 3 is 2.04 bits per heavy atom. The monoisotopic (exact) mass is 352 g/mol. The summed E-state index contributed by atoms with van der Waals surface area (Å²) in [6.45, 7) is 2.20. The van der Waals surface area contributed by atoms with Gasteiger partial charge in [-0.05, 0) is 35.2 Å². The lowest BCUT2D eigenvalue weighted by Gasteiger charge is -2.06. The van der Waals surface area contributed by atoms with E-state index < -0.39 is 8.03 Å². The van der Waals surface area contributed by atoms with Crippen molar-refractivity contribution in [3.63, 3.8) is 0 Å². The zero-order valence-corrected chi connectivity index (χ0v) is 15.1. The third-order valence-electron chi connectivity index (χ3n) is 3.78. The maximum absolute atomic E-state index is 10.5. The average molecular weight is 352 g/mol. The molecule has 3 aromatic carbocycles. The van der Waals surface area contributed by atoms with E-state index >= 15 is 0 Å². The van der Waals surface area contributed by atoms with Crippen molar-refractivity contribution < 1.29 is 14.3 Å². The Hall–Kier alpha value is -2.48. The van der Waals surface area contributed by atoms with Crippen LogP contribution in [0.15, 0.2) is 78.9 Å². The normalized spacial score (nSPS) is 11.1. The molecule has 3 nitrogen and oxygen atoms in total. The number of carbonyl (C=O) groups is 1. The topological polar surface area (TPSA) is 54.4 Å². The molecule has 4 heteroatoms. The van der Waals surface area contributed by atoms with Gasteiger partial charge in [-0.1, -0.05) is 73.7 Å². The van der Waals surface area contributed by atoms with E-state index in [4.69, 9.17) is 4.89 Å². The second-order valence-electron chi connectivity index (χ2n) is 5.42. The van der Waals surface area contributed by atoms with Gasteiger partial charge in [0.25, 0.3) is 0 Å². The molecule has 0 aliphatic heterocycles. The lowest BCUT2D eigenvalue weighted by molar-refractivity contribution is 0.112. The first-order valence-corrected chi connectivity index (χ1v) is 9.43. The van der Waals surface area contributed by atoms with Crippen LogP contribution in [0, 0.1) is 0 Å². The van der Waals surface area contributed by atoms with Gasteiger partial charge in [-0.3, -0.25) is 9.36 Å². The van der Waals surface area contributed by atoms with E-state index in [0.29, 0.717) is 17.2 Å². The van der Waals surface area contributed by atoms with Crippen LogP contribution < -0.4 is 5.30 Å². The van der Waals surface area contributed by atoms with Gasteiger partial charge < -0.3 is 4.89 Å². The Labute approximate surface area is 148 Å². The minimum absolute atomic E-state index is 0.376. The van der Waals surface area contributed by atoms with Crippen LogP contribution in [0.25, 0.3) is 11.1 Å². The zero-order valence-electron chi connectivity index (χ0n) is 14.1. The largest absolute Gasteiger partial charge is 0.343 e. The van der Waals surface area contributed by atoms with E-state index in [-0.39, 0.29) is 0 Å². The third kappa shape index (κ3) is 5.53. The van der Waals surface area contributed by atoms with Crippen LogP contribution in [0.3, 0.4) is 0 Å². The van der Waals surface area contributed by atoms with Crippen LogP contribution in [0.1, 0.15) is 22.8 Å². The average Bonchev–Trinajstić information content (AvgIpc) is 2.69. The quantitative estimate of drug-likeness (QED) is 0.555. The minimum atomic E-state index is -2.60. The van der Waals surface area contributed by atoms with Crippen molar-refractivity contribution in [2.24, 2.45) is 0 Å². The van der Waals surface area contributed by atoms with E-state index in [2.05, 4.69) is 61.5 Å². The number of aldehydes is 1. The summed E-state index contributed by atoms with van der Waals surface area (Å²) >= 11 is 0. The second-order valence-corrected chi connectivity index (χ2v) is 6.61. The van der Waals surface area contributed by atoms with Crippen molar-refractivity contribution in [3.8, 4) is 11.1 Å². The molecule has 25 heavy (non-hydrogen) atoms. The molecule has 0 spiro atoms. The fraction of sp³-hybridized carbons (Fsp3) is 0.0952. The molecule has 0 aromatic heterocycles. The van der Waals surface area contributed by atoms with Gasteiger partial charge in [-0.2, -0.15) is 0 Å². The Bertz CT molecular complexity index is 827. The van der Waals surface area contributed by atoms with E-state index in [0.717, 1.165) is 6.42 Å². The molecule has 0 saturated carbocycles. The third-order valence-corrected chi connectivity index (χ3v) is 4.60. The maximum Gasteiger partial charge on any atom is 0.218 e. The SMILES string of the molecule is CCc1ccccc1-c1ccccc1.O=Cc1ccc([PH](=O)O)cc1. The molecule has 0 bridgehead atoms. The van der Waals surface area contributed by atoms with Gasteiger partial charge in [0, 0.05) is 10.9 Å². The number of aryl methyl sites for hydroxylation is 1. The smallest absolute Gasteiger partial charge is 0.218 e. The van der Waals surface area contributed by atoms with Gasteiger partial charge in [0.2, 0.25) is 8.03 Å². The Balaban J connectivity index is 0.000000186. The molecule has 1 unspecified atom stereocenters. The van der Waals surface area contributed by atoms with Crippen molar-refractivity contribution in [2.45, 2.75) is 13.3 Å². The Morgan fingerprint density at radius 1 is 0.880 bits per heavy atom. The summed E-state index contributed by atoms with van der Waals surface area (Å²) < 4.78 is 10.5. The molecule has 1 atom stereocenters. The molecule has 3 aromatic rings. The van der Waals surface area contributed by atoms with Crippen LogP contribution in [-0.4, -0.2) is 11.2 Å². The minimum Gasteiger partial charge on any atom is -0.343 e. The highest BCUT2D eigenvalue weighted by Gasteiger charge is 2.00. The Morgan fingerprint density at radius 2 is 1.48 bits per heavy atom. The molecule has 1 N–H and O–H groups in total. The zero-order chi connectivity index (χ0) is 18.1. The first-order chi connectivity index (χ1) is 12.2. The molecule has 0 fully saturated rings. The molecule has 128 valence electrons. The lowest BCUT2D eigenvalue weighted by Crippen LogP contribution is -1.94.